The molecular weight excluding hydrogens is 289 g/mol. The van der Waals surface area contributed by atoms with Crippen LogP contribution in [0.1, 0.15) is 22.7 Å². The number of hydrogen-bond donors (Lipinski definition) is 1. The van der Waals surface area contributed by atoms with Gasteiger partial charge in [0, 0.05) is 11.1 Å². The number of hydrogen-bond acceptors (Lipinski definition) is 2. The van der Waals surface area contributed by atoms with E-state index in [4.69, 9.17) is 16.3 Å². The molecule has 0 saturated carbocycles. The number of nitrogens with one attached hydrogen (secondary N) is 1. The van der Waals surface area contributed by atoms with Gasteiger partial charge >= 0.3 is 0 Å². The van der Waals surface area contributed by atoms with E-state index < -0.39 is 0 Å². The van der Waals surface area contributed by atoms with Crippen molar-refractivity contribution in [2.45, 2.75) is 19.4 Å². The second kappa shape index (κ2) is 6.92. The standard InChI is InChI=1S/C17H19ClFNO/c1-11-7-13(9-14(18)8-11)15(20-2)10-12-5-4-6-16(21-3)17(12)19/h4-9,15,20H,10H2,1-3H3. The summed E-state index contributed by atoms with van der Waals surface area (Å²) in [5.74, 6) is -0.0383. The van der Waals surface area contributed by atoms with E-state index in [2.05, 4.69) is 11.4 Å². The van der Waals surface area contributed by atoms with Gasteiger partial charge in [-0.05, 0) is 55.3 Å². The summed E-state index contributed by atoms with van der Waals surface area (Å²) in [5, 5.41) is 3.91. The maximum absolute atomic E-state index is 14.3. The van der Waals surface area contributed by atoms with Crippen LogP contribution in [0.15, 0.2) is 36.4 Å². The smallest absolute Gasteiger partial charge is 0.168 e. The molecule has 1 atom stereocenters. The van der Waals surface area contributed by atoms with Crippen LogP contribution in [-0.4, -0.2) is 14.2 Å². The quantitative estimate of drug-likeness (QED) is 0.889. The Labute approximate surface area is 129 Å². The van der Waals surface area contributed by atoms with Gasteiger partial charge in [-0.15, -0.1) is 0 Å². The SMILES string of the molecule is CNC(Cc1cccc(OC)c1F)c1cc(C)cc(Cl)c1. The van der Waals surface area contributed by atoms with Gasteiger partial charge < -0.3 is 10.1 Å². The van der Waals surface area contributed by atoms with Crippen molar-refractivity contribution in [2.24, 2.45) is 0 Å². The van der Waals surface area contributed by atoms with E-state index in [0.717, 1.165) is 11.1 Å². The minimum Gasteiger partial charge on any atom is -0.494 e. The van der Waals surface area contributed by atoms with E-state index in [0.29, 0.717) is 17.0 Å². The summed E-state index contributed by atoms with van der Waals surface area (Å²) in [5.41, 5.74) is 2.75. The van der Waals surface area contributed by atoms with Crippen molar-refractivity contribution in [3.63, 3.8) is 0 Å². The molecule has 0 fully saturated rings. The second-order valence-electron chi connectivity index (χ2n) is 5.04. The predicted molar refractivity (Wildman–Crippen MR) is 84.6 cm³/mol. The van der Waals surface area contributed by atoms with Crippen molar-refractivity contribution in [1.82, 2.24) is 5.32 Å². The maximum Gasteiger partial charge on any atom is 0.168 e. The first-order valence-electron chi connectivity index (χ1n) is 6.81. The van der Waals surface area contributed by atoms with Crippen molar-refractivity contribution in [3.8, 4) is 5.75 Å². The zero-order chi connectivity index (χ0) is 15.4. The molecule has 112 valence electrons. The normalized spacial score (nSPS) is 12.2. The lowest BCUT2D eigenvalue weighted by molar-refractivity contribution is 0.383. The number of ether oxygens (including phenoxy) is 1. The van der Waals surface area contributed by atoms with Crippen LogP contribution >= 0.6 is 11.6 Å². The van der Waals surface area contributed by atoms with Gasteiger partial charge in [-0.1, -0.05) is 29.8 Å². The number of rotatable bonds is 5. The monoisotopic (exact) mass is 307 g/mol. The van der Waals surface area contributed by atoms with Gasteiger partial charge in [-0.3, -0.25) is 0 Å². The summed E-state index contributed by atoms with van der Waals surface area (Å²) in [7, 11) is 3.33. The van der Waals surface area contributed by atoms with Crippen molar-refractivity contribution in [2.75, 3.05) is 14.2 Å². The summed E-state index contributed by atoms with van der Waals surface area (Å²) in [4.78, 5) is 0. The number of methoxy groups -OCH3 is 1. The van der Waals surface area contributed by atoms with Crippen LogP contribution < -0.4 is 10.1 Å². The summed E-state index contributed by atoms with van der Waals surface area (Å²) in [6, 6.07) is 11.1. The Hall–Kier alpha value is -1.58. The van der Waals surface area contributed by atoms with Gasteiger partial charge in [0.15, 0.2) is 11.6 Å². The van der Waals surface area contributed by atoms with Crippen molar-refractivity contribution < 1.29 is 9.13 Å². The molecule has 2 rings (SSSR count). The Bertz CT molecular complexity index is 610. The number of benzene rings is 2. The van der Waals surface area contributed by atoms with E-state index in [1.165, 1.54) is 7.11 Å². The minimum atomic E-state index is -0.306. The second-order valence-corrected chi connectivity index (χ2v) is 5.48. The molecular formula is C17H19ClFNO. The van der Waals surface area contributed by atoms with Crippen LogP contribution in [0.25, 0.3) is 0 Å². The average Bonchev–Trinajstić information content (AvgIpc) is 2.45. The van der Waals surface area contributed by atoms with Crippen molar-refractivity contribution >= 4 is 11.6 Å². The van der Waals surface area contributed by atoms with Crippen molar-refractivity contribution in [1.29, 1.82) is 0 Å². The average molecular weight is 308 g/mol. The van der Waals surface area contributed by atoms with Crippen LogP contribution in [0.5, 0.6) is 5.75 Å². The summed E-state index contributed by atoms with van der Waals surface area (Å²) >= 11 is 6.11. The predicted octanol–water partition coefficient (Wildman–Crippen LogP) is 4.30. The molecule has 0 saturated heterocycles. The lowest BCUT2D eigenvalue weighted by Crippen LogP contribution is -2.19. The first-order valence-corrected chi connectivity index (χ1v) is 7.18. The molecule has 1 N–H and O–H groups in total. The third-order valence-electron chi connectivity index (χ3n) is 3.50. The largest absolute Gasteiger partial charge is 0.494 e. The third-order valence-corrected chi connectivity index (χ3v) is 3.72. The highest BCUT2D eigenvalue weighted by atomic mass is 35.5. The van der Waals surface area contributed by atoms with Crippen molar-refractivity contribution in [3.05, 3.63) is 63.9 Å². The summed E-state index contributed by atoms with van der Waals surface area (Å²) < 4.78 is 19.3. The molecule has 0 amide bonds. The van der Waals surface area contributed by atoms with Crippen LogP contribution in [-0.2, 0) is 6.42 Å². The Balaban J connectivity index is 2.31. The highest BCUT2D eigenvalue weighted by molar-refractivity contribution is 6.30. The minimum absolute atomic E-state index is 0.0102. The number of aryl methyl sites for hydroxylation is 1. The lowest BCUT2D eigenvalue weighted by Gasteiger charge is -2.18. The fourth-order valence-electron chi connectivity index (χ4n) is 2.44. The fraction of sp³-hybridized carbons (Fsp3) is 0.294. The Morgan fingerprint density at radius 2 is 2.05 bits per heavy atom. The first kappa shape index (κ1) is 15.8. The maximum atomic E-state index is 14.3. The fourth-order valence-corrected chi connectivity index (χ4v) is 2.74. The van der Waals surface area contributed by atoms with E-state index in [9.17, 15) is 4.39 Å². The molecule has 0 heterocycles. The molecule has 2 aromatic rings. The Morgan fingerprint density at radius 3 is 2.67 bits per heavy atom. The van der Waals surface area contributed by atoms with E-state index in [1.807, 2.05) is 26.1 Å². The molecule has 0 aliphatic heterocycles. The van der Waals surface area contributed by atoms with Gasteiger partial charge in [0.1, 0.15) is 0 Å². The number of halogens is 2. The molecule has 0 aliphatic rings. The molecule has 0 aliphatic carbocycles. The van der Waals surface area contributed by atoms with Crippen LogP contribution in [0, 0.1) is 12.7 Å². The lowest BCUT2D eigenvalue weighted by atomic mass is 9.97. The summed E-state index contributed by atoms with van der Waals surface area (Å²) in [6.45, 7) is 1.99. The molecule has 2 nitrogen and oxygen atoms in total. The molecule has 0 radical (unpaired) electrons. The molecule has 0 aromatic heterocycles. The topological polar surface area (TPSA) is 21.3 Å². The van der Waals surface area contributed by atoms with Crippen LogP contribution in [0.3, 0.4) is 0 Å². The molecule has 21 heavy (non-hydrogen) atoms. The van der Waals surface area contributed by atoms with E-state index >= 15 is 0 Å². The number of likely N-dealkylation sites (N-methyl/N-ethyl adjacent to an activating group) is 1. The zero-order valence-electron chi connectivity index (χ0n) is 12.4. The highest BCUT2D eigenvalue weighted by Crippen LogP contribution is 2.27. The van der Waals surface area contributed by atoms with Crippen LogP contribution in [0.4, 0.5) is 4.39 Å². The van der Waals surface area contributed by atoms with Crippen LogP contribution in [0.2, 0.25) is 5.02 Å². The van der Waals surface area contributed by atoms with E-state index in [1.54, 1.807) is 18.2 Å². The Kier molecular flexibility index (Phi) is 5.21. The van der Waals surface area contributed by atoms with E-state index in [-0.39, 0.29) is 17.6 Å². The molecule has 2 aromatic carbocycles. The van der Waals surface area contributed by atoms with Gasteiger partial charge in [-0.2, -0.15) is 0 Å². The van der Waals surface area contributed by atoms with Gasteiger partial charge in [0.25, 0.3) is 0 Å². The molecule has 4 heteroatoms. The molecule has 0 spiro atoms. The highest BCUT2D eigenvalue weighted by Gasteiger charge is 2.16. The molecule has 1 unspecified atom stereocenters. The summed E-state index contributed by atoms with van der Waals surface area (Å²) in [6.07, 6.45) is 0.527. The third kappa shape index (κ3) is 3.74. The zero-order valence-corrected chi connectivity index (χ0v) is 13.2. The Morgan fingerprint density at radius 1 is 1.29 bits per heavy atom. The van der Waals surface area contributed by atoms with Gasteiger partial charge in [0.2, 0.25) is 0 Å². The first-order chi connectivity index (χ1) is 10.0. The van der Waals surface area contributed by atoms with Gasteiger partial charge in [-0.25, -0.2) is 4.39 Å². The molecule has 0 bridgehead atoms. The van der Waals surface area contributed by atoms with Gasteiger partial charge in [0.05, 0.1) is 7.11 Å².